The molecular formula is C11H10N2O. The lowest BCUT2D eigenvalue weighted by Crippen LogP contribution is -2.12. The quantitative estimate of drug-likeness (QED) is 0.568. The lowest BCUT2D eigenvalue weighted by atomic mass is 10.1. The summed E-state index contributed by atoms with van der Waals surface area (Å²) in [6, 6.07) is 11.3. The van der Waals surface area contributed by atoms with E-state index in [0.29, 0.717) is 6.42 Å². The Kier molecular flexibility index (Phi) is 3.45. The number of hydrogen-bond donors (Lipinski definition) is 1. The third-order valence-corrected chi connectivity index (χ3v) is 1.77. The molecule has 1 amide bonds. The highest BCUT2D eigenvalue weighted by Crippen LogP contribution is 2.02. The third kappa shape index (κ3) is 2.76. The van der Waals surface area contributed by atoms with E-state index in [9.17, 15) is 4.79 Å². The van der Waals surface area contributed by atoms with E-state index < -0.39 is 5.91 Å². The molecule has 3 heteroatoms. The molecule has 0 spiro atoms. The second kappa shape index (κ2) is 4.83. The highest BCUT2D eigenvalue weighted by atomic mass is 16.1. The topological polar surface area (TPSA) is 66.9 Å². The summed E-state index contributed by atoms with van der Waals surface area (Å²) in [6.07, 6.45) is 2.09. The summed E-state index contributed by atoms with van der Waals surface area (Å²) in [7, 11) is 0. The Morgan fingerprint density at radius 2 is 2.07 bits per heavy atom. The third-order valence-electron chi connectivity index (χ3n) is 1.77. The summed E-state index contributed by atoms with van der Waals surface area (Å²) < 4.78 is 0. The average Bonchev–Trinajstić information content (AvgIpc) is 2.20. The fraction of sp³-hybridized carbons (Fsp3) is 0.0909. The number of nitriles is 1. The van der Waals surface area contributed by atoms with Crippen molar-refractivity contribution in [1.82, 2.24) is 0 Å². The molecule has 0 fully saturated rings. The summed E-state index contributed by atoms with van der Waals surface area (Å²) in [6.45, 7) is 0. The molecule has 0 aliphatic carbocycles. The van der Waals surface area contributed by atoms with Crippen molar-refractivity contribution in [2.24, 2.45) is 5.73 Å². The van der Waals surface area contributed by atoms with Crippen molar-refractivity contribution >= 4 is 5.91 Å². The fourth-order valence-electron chi connectivity index (χ4n) is 1.04. The van der Waals surface area contributed by atoms with Gasteiger partial charge in [0.15, 0.2) is 0 Å². The summed E-state index contributed by atoms with van der Waals surface area (Å²) in [5.41, 5.74) is 6.03. The summed E-state index contributed by atoms with van der Waals surface area (Å²) in [5, 5.41) is 8.56. The van der Waals surface area contributed by atoms with Gasteiger partial charge in [0.1, 0.15) is 11.6 Å². The Hall–Kier alpha value is -2.08. The molecule has 0 aliphatic heterocycles. The molecular weight excluding hydrogens is 176 g/mol. The van der Waals surface area contributed by atoms with Crippen LogP contribution in [0.4, 0.5) is 0 Å². The second-order valence-corrected chi connectivity index (χ2v) is 2.78. The van der Waals surface area contributed by atoms with E-state index in [4.69, 9.17) is 11.0 Å². The molecule has 0 heterocycles. The number of nitrogens with two attached hydrogens (primary N) is 1. The monoisotopic (exact) mass is 186 g/mol. The van der Waals surface area contributed by atoms with Crippen LogP contribution in [0.5, 0.6) is 0 Å². The van der Waals surface area contributed by atoms with Crippen molar-refractivity contribution in [1.29, 1.82) is 5.26 Å². The van der Waals surface area contributed by atoms with Gasteiger partial charge in [0.2, 0.25) is 0 Å². The van der Waals surface area contributed by atoms with Crippen molar-refractivity contribution in [2.45, 2.75) is 6.42 Å². The van der Waals surface area contributed by atoms with Crippen LogP contribution in [0.1, 0.15) is 5.56 Å². The average molecular weight is 186 g/mol. The van der Waals surface area contributed by atoms with Gasteiger partial charge in [0.25, 0.3) is 5.91 Å². The summed E-state index contributed by atoms with van der Waals surface area (Å²) in [5.74, 6) is -0.677. The highest BCUT2D eigenvalue weighted by Gasteiger charge is 2.01. The number of allylic oxidation sites excluding steroid dienone is 1. The molecule has 2 N–H and O–H groups in total. The van der Waals surface area contributed by atoms with Crippen LogP contribution in [0.3, 0.4) is 0 Å². The van der Waals surface area contributed by atoms with Gasteiger partial charge < -0.3 is 5.73 Å². The molecule has 0 saturated carbocycles. The predicted molar refractivity (Wildman–Crippen MR) is 53.0 cm³/mol. The van der Waals surface area contributed by atoms with Crippen LogP contribution in [0.2, 0.25) is 0 Å². The maximum absolute atomic E-state index is 10.7. The molecule has 0 bridgehead atoms. The van der Waals surface area contributed by atoms with E-state index in [1.165, 1.54) is 6.08 Å². The Balaban J connectivity index is 2.73. The van der Waals surface area contributed by atoms with Gasteiger partial charge >= 0.3 is 0 Å². The zero-order chi connectivity index (χ0) is 10.4. The first-order chi connectivity index (χ1) is 6.74. The van der Waals surface area contributed by atoms with Crippen molar-refractivity contribution in [3.63, 3.8) is 0 Å². The highest BCUT2D eigenvalue weighted by molar-refractivity contribution is 5.95. The van der Waals surface area contributed by atoms with E-state index in [1.54, 1.807) is 6.07 Å². The van der Waals surface area contributed by atoms with Crippen LogP contribution in [-0.2, 0) is 11.2 Å². The lowest BCUT2D eigenvalue weighted by Gasteiger charge is -1.95. The van der Waals surface area contributed by atoms with Crippen LogP contribution in [0.25, 0.3) is 0 Å². The molecule has 0 unspecified atom stereocenters. The maximum atomic E-state index is 10.7. The predicted octanol–water partition coefficient (Wildman–Crippen LogP) is 1.16. The van der Waals surface area contributed by atoms with Gasteiger partial charge in [-0.2, -0.15) is 5.26 Å². The first-order valence-corrected chi connectivity index (χ1v) is 4.18. The second-order valence-electron chi connectivity index (χ2n) is 2.78. The molecule has 14 heavy (non-hydrogen) atoms. The van der Waals surface area contributed by atoms with Gasteiger partial charge in [-0.15, -0.1) is 0 Å². The van der Waals surface area contributed by atoms with Gasteiger partial charge in [-0.1, -0.05) is 36.4 Å². The van der Waals surface area contributed by atoms with Gasteiger partial charge in [-0.05, 0) is 12.0 Å². The molecule has 1 rings (SSSR count). The van der Waals surface area contributed by atoms with Gasteiger partial charge in [0.05, 0.1) is 0 Å². The number of hydrogen-bond acceptors (Lipinski definition) is 2. The lowest BCUT2D eigenvalue weighted by molar-refractivity contribution is -0.114. The van der Waals surface area contributed by atoms with Crippen molar-refractivity contribution < 1.29 is 4.79 Å². The molecule has 1 aromatic rings. The smallest absolute Gasteiger partial charge is 0.259 e. The van der Waals surface area contributed by atoms with E-state index >= 15 is 0 Å². The van der Waals surface area contributed by atoms with Gasteiger partial charge in [0, 0.05) is 0 Å². The molecule has 0 saturated heterocycles. The standard InChI is InChI=1S/C11H10N2O/c12-8-10(11(13)14)7-6-9-4-2-1-3-5-9/h1-5,7H,6H2,(H2,13,14)/b10-7+. The van der Waals surface area contributed by atoms with Gasteiger partial charge in [-0.25, -0.2) is 0 Å². The van der Waals surface area contributed by atoms with Crippen LogP contribution in [-0.4, -0.2) is 5.91 Å². The number of nitrogens with zero attached hydrogens (tertiary/aromatic N) is 1. The Morgan fingerprint density at radius 3 is 2.57 bits per heavy atom. The fourth-order valence-corrected chi connectivity index (χ4v) is 1.04. The number of benzene rings is 1. The van der Waals surface area contributed by atoms with Crippen LogP contribution >= 0.6 is 0 Å². The molecule has 0 aromatic heterocycles. The van der Waals surface area contributed by atoms with E-state index in [1.807, 2.05) is 30.3 Å². The maximum Gasteiger partial charge on any atom is 0.259 e. The summed E-state index contributed by atoms with van der Waals surface area (Å²) >= 11 is 0. The number of amides is 1. The Bertz CT molecular complexity index is 387. The normalized spacial score (nSPS) is 10.6. The molecule has 0 aliphatic rings. The van der Waals surface area contributed by atoms with Crippen LogP contribution < -0.4 is 5.73 Å². The number of carbonyl (C=O) groups is 1. The minimum atomic E-state index is -0.677. The minimum absolute atomic E-state index is 0.00820. The van der Waals surface area contributed by atoms with E-state index in [2.05, 4.69) is 0 Å². The Labute approximate surface area is 82.5 Å². The summed E-state index contributed by atoms with van der Waals surface area (Å²) in [4.78, 5) is 10.7. The van der Waals surface area contributed by atoms with Gasteiger partial charge in [-0.3, -0.25) is 4.79 Å². The van der Waals surface area contributed by atoms with E-state index in [0.717, 1.165) is 5.56 Å². The van der Waals surface area contributed by atoms with Crippen molar-refractivity contribution in [2.75, 3.05) is 0 Å². The molecule has 70 valence electrons. The first-order valence-electron chi connectivity index (χ1n) is 4.18. The number of rotatable bonds is 3. The van der Waals surface area contributed by atoms with Crippen molar-refractivity contribution in [3.8, 4) is 6.07 Å². The largest absolute Gasteiger partial charge is 0.365 e. The number of primary amides is 1. The minimum Gasteiger partial charge on any atom is -0.365 e. The molecule has 3 nitrogen and oxygen atoms in total. The van der Waals surface area contributed by atoms with Crippen LogP contribution in [0, 0.1) is 11.3 Å². The molecule has 1 aromatic carbocycles. The SMILES string of the molecule is N#C/C(=C\Cc1ccccc1)C(N)=O. The first kappa shape index (κ1) is 10.0. The van der Waals surface area contributed by atoms with Crippen molar-refractivity contribution in [3.05, 3.63) is 47.5 Å². The molecule has 0 atom stereocenters. The number of carbonyl (C=O) groups excluding carboxylic acids is 1. The zero-order valence-electron chi connectivity index (χ0n) is 7.60. The van der Waals surface area contributed by atoms with Crippen LogP contribution in [0.15, 0.2) is 42.0 Å². The molecule has 0 radical (unpaired) electrons. The zero-order valence-corrected chi connectivity index (χ0v) is 7.60. The Morgan fingerprint density at radius 1 is 1.43 bits per heavy atom. The van der Waals surface area contributed by atoms with E-state index in [-0.39, 0.29) is 5.57 Å².